The van der Waals surface area contributed by atoms with Gasteiger partial charge in [-0.15, -0.1) is 0 Å². The summed E-state index contributed by atoms with van der Waals surface area (Å²) in [6, 6.07) is 16.5. The van der Waals surface area contributed by atoms with Crippen LogP contribution in [0, 0.1) is 5.41 Å². The van der Waals surface area contributed by atoms with Crippen LogP contribution >= 0.6 is 11.6 Å². The van der Waals surface area contributed by atoms with Gasteiger partial charge in [-0.25, -0.2) is 9.97 Å². The number of anilines is 6. The summed E-state index contributed by atoms with van der Waals surface area (Å²) in [6.07, 6.45) is 8.48. The van der Waals surface area contributed by atoms with E-state index >= 15 is 0 Å². The molecule has 0 bridgehead atoms. The summed E-state index contributed by atoms with van der Waals surface area (Å²) < 4.78 is 3.59. The van der Waals surface area contributed by atoms with E-state index in [1.165, 1.54) is 33.2 Å². The molecular weight excluding hydrogens is 864 g/mol. The molecule has 6 heterocycles. The minimum absolute atomic E-state index is 0.0294. The maximum Gasteiger partial charge on any atom is 0.293 e. The molecule has 14 nitrogen and oxygen atoms in total. The quantitative estimate of drug-likeness (QED) is 0.118. The number of rotatable bonds is 10. The molecule has 67 heavy (non-hydrogen) atoms. The molecule has 4 aliphatic rings. The first kappa shape index (κ1) is 46.2. The zero-order valence-electron chi connectivity index (χ0n) is 39.8. The summed E-state index contributed by atoms with van der Waals surface area (Å²) in [4.78, 5) is 59.1. The summed E-state index contributed by atoms with van der Waals surface area (Å²) >= 11 is 6.60. The number of piperidine rings is 1. The molecule has 3 aromatic heterocycles. The van der Waals surface area contributed by atoms with Gasteiger partial charge in [-0.3, -0.25) is 24.2 Å². The average molecular weight is 928 g/mol. The highest BCUT2D eigenvalue weighted by Gasteiger charge is 2.38. The Morgan fingerprint density at radius 2 is 1.78 bits per heavy atom. The predicted octanol–water partition coefficient (Wildman–Crippen LogP) is 7.92. The number of hydrogen-bond acceptors (Lipinski definition) is 10. The molecule has 5 aromatic rings. The first-order chi connectivity index (χ1) is 31.9. The fourth-order valence-electron chi connectivity index (χ4n) is 10.8. The van der Waals surface area contributed by atoms with Gasteiger partial charge in [0, 0.05) is 111 Å². The van der Waals surface area contributed by atoms with Crippen molar-refractivity contribution >= 4 is 57.8 Å². The van der Waals surface area contributed by atoms with Crippen LogP contribution in [0.25, 0.3) is 11.3 Å². The number of aromatic nitrogens is 4. The SMILES string of the molecule is C=CC(=O)Nc1cc(Nc2nc(-c3ccnc(N4CCn5c(cc6c5CC(C)(C)C6)C4=O)c3CO)cn(C)c2=O)ccc1N1CCN(C2CCN(c3ccc(Cl)c(C(C)(C)C)c3)CC2)C[C@@H]1C. The molecule has 2 amide bonds. The molecule has 2 saturated heterocycles. The molecule has 3 N–H and O–H groups in total. The third-order valence-electron chi connectivity index (χ3n) is 14.2. The van der Waals surface area contributed by atoms with Crippen molar-refractivity contribution in [3.8, 4) is 11.3 Å². The van der Waals surface area contributed by atoms with Crippen LogP contribution in [-0.2, 0) is 43.3 Å². The van der Waals surface area contributed by atoms with Crippen molar-refractivity contribution in [2.24, 2.45) is 12.5 Å². The van der Waals surface area contributed by atoms with Gasteiger partial charge in [-0.1, -0.05) is 52.8 Å². The van der Waals surface area contributed by atoms with E-state index in [2.05, 4.69) is 95.1 Å². The fourth-order valence-corrected chi connectivity index (χ4v) is 11.2. The molecule has 0 saturated carbocycles. The Bertz CT molecular complexity index is 2820. The maximum atomic E-state index is 14.1. The van der Waals surface area contributed by atoms with Gasteiger partial charge in [0.1, 0.15) is 11.5 Å². The van der Waals surface area contributed by atoms with Crippen molar-refractivity contribution in [3.05, 3.63) is 117 Å². The van der Waals surface area contributed by atoms with E-state index in [1.807, 2.05) is 30.3 Å². The molecular formula is C52H63ClN10O4. The monoisotopic (exact) mass is 926 g/mol. The zero-order chi connectivity index (χ0) is 47.5. The first-order valence-electron chi connectivity index (χ1n) is 23.5. The zero-order valence-corrected chi connectivity index (χ0v) is 40.6. The lowest BCUT2D eigenvalue weighted by Gasteiger charge is -2.47. The lowest BCUT2D eigenvalue weighted by atomic mass is 9.86. The lowest BCUT2D eigenvalue weighted by Crippen LogP contribution is -2.57. The Balaban J connectivity index is 0.916. The van der Waals surface area contributed by atoms with Crippen molar-refractivity contribution in [3.63, 3.8) is 0 Å². The van der Waals surface area contributed by atoms with Gasteiger partial charge in [0.2, 0.25) is 5.91 Å². The van der Waals surface area contributed by atoms with Crippen molar-refractivity contribution < 1.29 is 14.7 Å². The largest absolute Gasteiger partial charge is 0.392 e. The number of benzene rings is 2. The molecule has 15 heteroatoms. The number of aliphatic hydroxyl groups excluding tert-OH is 1. The predicted molar refractivity (Wildman–Crippen MR) is 268 cm³/mol. The number of hydrogen-bond donors (Lipinski definition) is 3. The number of amides is 2. The Hall–Kier alpha value is -5.96. The smallest absolute Gasteiger partial charge is 0.293 e. The normalized spacial score (nSPS) is 18.8. The van der Waals surface area contributed by atoms with Gasteiger partial charge in [0.15, 0.2) is 5.82 Å². The van der Waals surface area contributed by atoms with Crippen LogP contribution in [0.15, 0.2) is 78.4 Å². The number of piperazine rings is 1. The molecule has 9 rings (SSSR count). The highest BCUT2D eigenvalue weighted by Crippen LogP contribution is 2.41. The highest BCUT2D eigenvalue weighted by atomic mass is 35.5. The van der Waals surface area contributed by atoms with E-state index in [4.69, 9.17) is 16.6 Å². The second-order valence-electron chi connectivity index (χ2n) is 20.6. The number of nitrogens with one attached hydrogen (secondary N) is 2. The molecule has 1 aliphatic carbocycles. The Kier molecular flexibility index (Phi) is 12.4. The molecule has 352 valence electrons. The Morgan fingerprint density at radius 3 is 2.49 bits per heavy atom. The molecule has 0 radical (unpaired) electrons. The number of carbonyl (C=O) groups excluding carboxylic acids is 2. The van der Waals surface area contributed by atoms with Crippen molar-refractivity contribution in [1.82, 2.24) is 24.0 Å². The molecule has 1 atom stereocenters. The maximum absolute atomic E-state index is 14.1. The van der Waals surface area contributed by atoms with Crippen molar-refractivity contribution in [1.29, 1.82) is 0 Å². The summed E-state index contributed by atoms with van der Waals surface area (Å²) in [5, 5.41) is 17.9. The summed E-state index contributed by atoms with van der Waals surface area (Å²) in [5.74, 6) is -0.0835. The fraction of sp³-hybridized carbons (Fsp3) is 0.442. The molecule has 0 spiro atoms. The Morgan fingerprint density at radius 1 is 1.00 bits per heavy atom. The van der Waals surface area contributed by atoms with Crippen LogP contribution < -0.4 is 30.9 Å². The number of pyridine rings is 1. The minimum Gasteiger partial charge on any atom is -0.392 e. The van der Waals surface area contributed by atoms with Crippen LogP contribution in [0.1, 0.15) is 87.3 Å². The van der Waals surface area contributed by atoms with Gasteiger partial charge in [0.05, 0.1) is 23.7 Å². The van der Waals surface area contributed by atoms with Gasteiger partial charge in [-0.05, 0) is 109 Å². The van der Waals surface area contributed by atoms with E-state index in [0.29, 0.717) is 58.8 Å². The topological polar surface area (TPSA) is 144 Å². The highest BCUT2D eigenvalue weighted by molar-refractivity contribution is 6.31. The number of aliphatic hydroxyl groups is 1. The van der Waals surface area contributed by atoms with Gasteiger partial charge >= 0.3 is 0 Å². The minimum atomic E-state index is -0.399. The number of halogens is 1. The van der Waals surface area contributed by atoms with E-state index in [9.17, 15) is 19.5 Å². The Labute approximate surface area is 398 Å². The number of fused-ring (bicyclic) bond motifs is 3. The second kappa shape index (κ2) is 17.9. The van der Waals surface area contributed by atoms with Crippen molar-refractivity contribution in [2.75, 3.05) is 64.6 Å². The second-order valence-corrected chi connectivity index (χ2v) is 21.0. The van der Waals surface area contributed by atoms with E-state index in [-0.39, 0.29) is 40.1 Å². The first-order valence-corrected chi connectivity index (χ1v) is 23.9. The molecule has 0 unspecified atom stereocenters. The molecule has 2 aromatic carbocycles. The standard InChI is InChI=1S/C52H63ClN10O4/c1-9-46(65)56-41-25-34(10-13-43(41)61-21-20-60(29-32(61)2)35-15-18-59(19-16-35)36-11-12-40(53)39(26-36)51(3,4)5)55-47-50(67)58(8)30-42(57-47)37-14-17-54-48(38(37)31-64)63-23-22-62-44(49(63)66)24-33-27-52(6,7)28-45(33)62/h9-14,17,24-26,30,32,35,64H,1,15-16,18-23,27-29,31H2,2-8H3,(H,55,57)(H,56,65)/t32-/m0/s1. The summed E-state index contributed by atoms with van der Waals surface area (Å²) in [7, 11) is 1.65. The average Bonchev–Trinajstić information content (AvgIpc) is 3.79. The van der Waals surface area contributed by atoms with E-state index in [0.717, 1.165) is 69.1 Å². The summed E-state index contributed by atoms with van der Waals surface area (Å²) in [5.41, 5.74) is 8.68. The van der Waals surface area contributed by atoms with Gasteiger partial charge in [-0.2, -0.15) is 0 Å². The third kappa shape index (κ3) is 8.98. The number of nitrogens with zero attached hydrogens (tertiary/aromatic N) is 8. The van der Waals surface area contributed by atoms with Gasteiger partial charge in [0.25, 0.3) is 11.5 Å². The third-order valence-corrected chi connectivity index (χ3v) is 14.5. The summed E-state index contributed by atoms with van der Waals surface area (Å²) in [6.45, 7) is 22.2. The number of aryl methyl sites for hydroxylation is 1. The van der Waals surface area contributed by atoms with Crippen LogP contribution in [0.4, 0.5) is 34.4 Å². The van der Waals surface area contributed by atoms with Crippen molar-refractivity contribution in [2.45, 2.75) is 97.9 Å². The van der Waals surface area contributed by atoms with E-state index in [1.54, 1.807) is 30.4 Å². The van der Waals surface area contributed by atoms with Crippen LogP contribution in [0.3, 0.4) is 0 Å². The van der Waals surface area contributed by atoms with Crippen LogP contribution in [-0.4, -0.2) is 92.3 Å². The van der Waals surface area contributed by atoms with E-state index < -0.39 is 6.61 Å². The molecule has 3 aliphatic heterocycles. The molecule has 2 fully saturated rings. The van der Waals surface area contributed by atoms with Gasteiger partial charge < -0.3 is 34.7 Å². The van der Waals surface area contributed by atoms with Crippen LogP contribution in [0.2, 0.25) is 5.02 Å². The lowest BCUT2D eigenvalue weighted by molar-refractivity contribution is -0.111. The number of carbonyl (C=O) groups is 2. The van der Waals surface area contributed by atoms with Crippen LogP contribution in [0.5, 0.6) is 0 Å².